The molecule has 4 N–H and O–H groups in total. The van der Waals surface area contributed by atoms with Gasteiger partial charge in [0.15, 0.2) is 11.5 Å². The Morgan fingerprint density at radius 1 is 1.44 bits per heavy atom. The zero-order chi connectivity index (χ0) is 11.7. The standard InChI is InChI=1S/C11H14N2O3/c12-7-4-5-13(6-7)11(16)8-2-1-3-9(14)10(8)15/h1-3,7,14-15H,4-6,12H2/t7-/m0/s1. The number of hydrogen-bond donors (Lipinski definition) is 3. The number of phenolic OH excluding ortho intramolecular Hbond substituents is 2. The summed E-state index contributed by atoms with van der Waals surface area (Å²) in [6.45, 7) is 1.09. The van der Waals surface area contributed by atoms with Crippen molar-refractivity contribution in [1.82, 2.24) is 4.90 Å². The van der Waals surface area contributed by atoms with Crippen LogP contribution in [0.2, 0.25) is 0 Å². The van der Waals surface area contributed by atoms with E-state index in [-0.39, 0.29) is 29.0 Å². The van der Waals surface area contributed by atoms with Crippen molar-refractivity contribution in [3.05, 3.63) is 23.8 Å². The van der Waals surface area contributed by atoms with Crippen LogP contribution in [0.3, 0.4) is 0 Å². The normalized spacial score (nSPS) is 20.1. The Labute approximate surface area is 93.1 Å². The van der Waals surface area contributed by atoms with E-state index in [0.29, 0.717) is 13.1 Å². The van der Waals surface area contributed by atoms with E-state index < -0.39 is 0 Å². The summed E-state index contributed by atoms with van der Waals surface area (Å²) in [6.07, 6.45) is 0.769. The van der Waals surface area contributed by atoms with E-state index in [1.807, 2.05) is 0 Å². The van der Waals surface area contributed by atoms with Gasteiger partial charge in [0.05, 0.1) is 5.56 Å². The second kappa shape index (κ2) is 4.02. The highest BCUT2D eigenvalue weighted by molar-refractivity contribution is 5.97. The number of benzene rings is 1. The van der Waals surface area contributed by atoms with Gasteiger partial charge in [-0.15, -0.1) is 0 Å². The summed E-state index contributed by atoms with van der Waals surface area (Å²) in [5.41, 5.74) is 5.82. The number of amides is 1. The van der Waals surface area contributed by atoms with Crippen LogP contribution in [0, 0.1) is 0 Å². The van der Waals surface area contributed by atoms with Gasteiger partial charge in [0.2, 0.25) is 0 Å². The summed E-state index contributed by atoms with van der Waals surface area (Å²) >= 11 is 0. The molecule has 0 bridgehead atoms. The third-order valence-electron chi connectivity index (χ3n) is 2.76. The van der Waals surface area contributed by atoms with Crippen molar-refractivity contribution in [3.8, 4) is 11.5 Å². The first-order valence-electron chi connectivity index (χ1n) is 5.15. The van der Waals surface area contributed by atoms with E-state index in [2.05, 4.69) is 0 Å². The molecule has 5 heteroatoms. The van der Waals surface area contributed by atoms with E-state index >= 15 is 0 Å². The Morgan fingerprint density at radius 2 is 2.19 bits per heavy atom. The first-order chi connectivity index (χ1) is 7.59. The van der Waals surface area contributed by atoms with Gasteiger partial charge >= 0.3 is 0 Å². The van der Waals surface area contributed by atoms with Crippen LogP contribution in [-0.4, -0.2) is 40.2 Å². The number of aromatic hydroxyl groups is 2. The van der Waals surface area contributed by atoms with Crippen molar-refractivity contribution in [2.75, 3.05) is 13.1 Å². The van der Waals surface area contributed by atoms with Gasteiger partial charge in [0, 0.05) is 19.1 Å². The number of nitrogens with two attached hydrogens (primary N) is 1. The number of rotatable bonds is 1. The van der Waals surface area contributed by atoms with Gasteiger partial charge in [-0.05, 0) is 18.6 Å². The van der Waals surface area contributed by atoms with Crippen LogP contribution in [0.1, 0.15) is 16.8 Å². The molecule has 1 atom stereocenters. The molecule has 2 rings (SSSR count). The fourth-order valence-corrected chi connectivity index (χ4v) is 1.85. The number of carbonyl (C=O) groups is 1. The average Bonchev–Trinajstić information content (AvgIpc) is 2.68. The van der Waals surface area contributed by atoms with Gasteiger partial charge in [0.25, 0.3) is 5.91 Å². The van der Waals surface area contributed by atoms with Crippen LogP contribution in [0.15, 0.2) is 18.2 Å². The Morgan fingerprint density at radius 3 is 2.81 bits per heavy atom. The second-order valence-corrected chi connectivity index (χ2v) is 3.97. The van der Waals surface area contributed by atoms with Gasteiger partial charge in [-0.3, -0.25) is 4.79 Å². The summed E-state index contributed by atoms with van der Waals surface area (Å²) in [5, 5.41) is 18.9. The SMILES string of the molecule is N[C@H]1CCN(C(=O)c2cccc(O)c2O)C1. The predicted octanol–water partition coefficient (Wildman–Crippen LogP) is 0.271. The van der Waals surface area contributed by atoms with Gasteiger partial charge in [0.1, 0.15) is 0 Å². The third kappa shape index (κ3) is 1.81. The minimum Gasteiger partial charge on any atom is -0.504 e. The highest BCUT2D eigenvalue weighted by Gasteiger charge is 2.26. The van der Waals surface area contributed by atoms with Crippen LogP contribution < -0.4 is 5.73 Å². The molecular weight excluding hydrogens is 208 g/mol. The lowest BCUT2D eigenvalue weighted by Crippen LogP contribution is -2.31. The van der Waals surface area contributed by atoms with Gasteiger partial charge in [-0.2, -0.15) is 0 Å². The molecular formula is C11H14N2O3. The topological polar surface area (TPSA) is 86.8 Å². The zero-order valence-electron chi connectivity index (χ0n) is 8.76. The maximum Gasteiger partial charge on any atom is 0.257 e. The van der Waals surface area contributed by atoms with Gasteiger partial charge < -0.3 is 20.8 Å². The molecule has 0 radical (unpaired) electrons. The van der Waals surface area contributed by atoms with E-state index in [0.717, 1.165) is 6.42 Å². The molecule has 1 aromatic carbocycles. The summed E-state index contributed by atoms with van der Waals surface area (Å²) in [6, 6.07) is 4.35. The lowest BCUT2D eigenvalue weighted by atomic mass is 10.1. The Balaban J connectivity index is 2.24. The molecule has 1 aliphatic rings. The van der Waals surface area contributed by atoms with Crippen LogP contribution in [0.4, 0.5) is 0 Å². The molecule has 5 nitrogen and oxygen atoms in total. The summed E-state index contributed by atoms with van der Waals surface area (Å²) in [5.74, 6) is -0.941. The molecule has 0 aliphatic carbocycles. The first-order valence-corrected chi connectivity index (χ1v) is 5.15. The average molecular weight is 222 g/mol. The molecule has 0 unspecified atom stereocenters. The fourth-order valence-electron chi connectivity index (χ4n) is 1.85. The minimum atomic E-state index is -0.368. The molecule has 1 aliphatic heterocycles. The van der Waals surface area contributed by atoms with Crippen LogP contribution in [0.5, 0.6) is 11.5 Å². The number of hydrogen-bond acceptors (Lipinski definition) is 4. The number of para-hydroxylation sites is 1. The van der Waals surface area contributed by atoms with Crippen LogP contribution in [-0.2, 0) is 0 Å². The summed E-state index contributed by atoms with van der Waals surface area (Å²) in [4.78, 5) is 13.5. The Kier molecular flexibility index (Phi) is 2.70. The monoisotopic (exact) mass is 222 g/mol. The highest BCUT2D eigenvalue weighted by atomic mass is 16.3. The van der Waals surface area contributed by atoms with Crippen molar-refractivity contribution >= 4 is 5.91 Å². The molecule has 1 aromatic rings. The lowest BCUT2D eigenvalue weighted by Gasteiger charge is -2.16. The maximum absolute atomic E-state index is 12.0. The molecule has 86 valence electrons. The van der Waals surface area contributed by atoms with Crippen molar-refractivity contribution in [2.24, 2.45) is 5.73 Å². The zero-order valence-corrected chi connectivity index (χ0v) is 8.76. The van der Waals surface area contributed by atoms with Gasteiger partial charge in [-0.25, -0.2) is 0 Å². The summed E-state index contributed by atoms with van der Waals surface area (Å²) in [7, 11) is 0. The largest absolute Gasteiger partial charge is 0.504 e. The molecule has 0 aromatic heterocycles. The van der Waals surface area contributed by atoms with E-state index in [9.17, 15) is 15.0 Å². The molecule has 0 spiro atoms. The van der Waals surface area contributed by atoms with E-state index in [1.54, 1.807) is 4.90 Å². The Bertz CT molecular complexity index is 420. The van der Waals surface area contributed by atoms with E-state index in [4.69, 9.17) is 5.73 Å². The quantitative estimate of drug-likeness (QED) is 0.595. The van der Waals surface area contributed by atoms with Crippen LogP contribution >= 0.6 is 0 Å². The molecule has 1 fully saturated rings. The first kappa shape index (κ1) is 10.8. The van der Waals surface area contributed by atoms with Crippen molar-refractivity contribution in [1.29, 1.82) is 0 Å². The fraction of sp³-hybridized carbons (Fsp3) is 0.364. The maximum atomic E-state index is 12.0. The second-order valence-electron chi connectivity index (χ2n) is 3.97. The van der Waals surface area contributed by atoms with Crippen molar-refractivity contribution < 1.29 is 15.0 Å². The minimum absolute atomic E-state index is 0.00315. The number of phenols is 2. The number of carbonyl (C=O) groups excluding carboxylic acids is 1. The molecule has 1 amide bonds. The molecule has 1 heterocycles. The smallest absolute Gasteiger partial charge is 0.257 e. The lowest BCUT2D eigenvalue weighted by molar-refractivity contribution is 0.0787. The van der Waals surface area contributed by atoms with E-state index in [1.165, 1.54) is 18.2 Å². The number of nitrogens with zero attached hydrogens (tertiary/aromatic N) is 1. The summed E-state index contributed by atoms with van der Waals surface area (Å²) < 4.78 is 0. The molecule has 16 heavy (non-hydrogen) atoms. The van der Waals surface area contributed by atoms with Crippen molar-refractivity contribution in [3.63, 3.8) is 0 Å². The van der Waals surface area contributed by atoms with Crippen molar-refractivity contribution in [2.45, 2.75) is 12.5 Å². The van der Waals surface area contributed by atoms with Gasteiger partial charge in [-0.1, -0.05) is 6.07 Å². The molecule has 0 saturated carbocycles. The predicted molar refractivity (Wildman–Crippen MR) is 58.3 cm³/mol. The van der Waals surface area contributed by atoms with Crippen LogP contribution in [0.25, 0.3) is 0 Å². The third-order valence-corrected chi connectivity index (χ3v) is 2.76. The Hall–Kier alpha value is -1.75. The number of likely N-dealkylation sites (tertiary alicyclic amines) is 1. The highest BCUT2D eigenvalue weighted by Crippen LogP contribution is 2.29. The molecule has 1 saturated heterocycles.